The number of aromatic hydroxyl groups is 1. The predicted molar refractivity (Wildman–Crippen MR) is 70.4 cm³/mol. The Morgan fingerprint density at radius 1 is 1.45 bits per heavy atom. The monoisotopic (exact) mass is 281 g/mol. The molecule has 0 spiro atoms. The molecule has 0 saturated carbocycles. The normalized spacial score (nSPS) is 11.5. The molecule has 1 rings (SSSR count). The van der Waals surface area contributed by atoms with Crippen LogP contribution in [-0.2, 0) is 4.79 Å². The van der Waals surface area contributed by atoms with Crippen molar-refractivity contribution in [3.63, 3.8) is 0 Å². The molecular weight excluding hydrogens is 266 g/mol. The molecule has 8 heteroatoms. The number of amides is 2. The van der Waals surface area contributed by atoms with E-state index in [1.807, 2.05) is 0 Å². The first-order valence-corrected chi connectivity index (χ1v) is 5.92. The fourth-order valence-electron chi connectivity index (χ4n) is 1.53. The number of nitro benzene ring substituents is 1. The van der Waals surface area contributed by atoms with Crippen LogP contribution < -0.4 is 10.6 Å². The van der Waals surface area contributed by atoms with Crippen LogP contribution in [0.5, 0.6) is 5.75 Å². The number of hydrogen-bond acceptors (Lipinski definition) is 5. The van der Waals surface area contributed by atoms with Gasteiger partial charge in [0.05, 0.1) is 4.92 Å². The number of carbonyl (C=O) groups excluding carboxylic acids is 2. The van der Waals surface area contributed by atoms with Crippen molar-refractivity contribution in [2.75, 3.05) is 6.54 Å². The van der Waals surface area contributed by atoms with Gasteiger partial charge in [-0.1, -0.05) is 0 Å². The molecule has 1 unspecified atom stereocenters. The van der Waals surface area contributed by atoms with Crippen LogP contribution in [0.1, 0.15) is 24.2 Å². The first-order chi connectivity index (χ1) is 9.36. The number of rotatable bonds is 5. The smallest absolute Gasteiger partial charge is 0.282 e. The molecule has 0 bridgehead atoms. The second-order valence-electron chi connectivity index (χ2n) is 4.05. The highest BCUT2D eigenvalue weighted by Crippen LogP contribution is 2.23. The number of phenolic OH excluding ortho intramolecular Hbond substituents is 1. The summed E-state index contributed by atoms with van der Waals surface area (Å²) in [5, 5.41) is 25.0. The molecule has 1 aromatic rings. The summed E-state index contributed by atoms with van der Waals surface area (Å²) in [6.45, 7) is 3.59. The molecule has 108 valence electrons. The Morgan fingerprint density at radius 2 is 2.10 bits per heavy atom. The van der Waals surface area contributed by atoms with Gasteiger partial charge in [-0.15, -0.1) is 0 Å². The molecule has 2 amide bonds. The Balaban J connectivity index is 2.95. The lowest BCUT2D eigenvalue weighted by Gasteiger charge is -2.13. The molecule has 1 aromatic carbocycles. The van der Waals surface area contributed by atoms with Crippen molar-refractivity contribution < 1.29 is 19.6 Å². The zero-order chi connectivity index (χ0) is 15.3. The molecule has 0 saturated heterocycles. The Morgan fingerprint density at radius 3 is 2.65 bits per heavy atom. The predicted octanol–water partition coefficient (Wildman–Crippen LogP) is 0.555. The van der Waals surface area contributed by atoms with Gasteiger partial charge in [0.2, 0.25) is 5.91 Å². The largest absolute Gasteiger partial charge is 0.508 e. The number of nitrogens with zero attached hydrogens (tertiary/aromatic N) is 1. The van der Waals surface area contributed by atoms with E-state index in [9.17, 15) is 24.8 Å². The fraction of sp³-hybridized carbons (Fsp3) is 0.333. The minimum atomic E-state index is -0.843. The van der Waals surface area contributed by atoms with Crippen LogP contribution in [0.4, 0.5) is 5.69 Å². The number of likely N-dealkylation sites (N-methyl/N-ethyl adjacent to an activating group) is 1. The van der Waals surface area contributed by atoms with Crippen molar-refractivity contribution in [2.45, 2.75) is 19.9 Å². The molecule has 0 radical (unpaired) electrons. The molecule has 8 nitrogen and oxygen atoms in total. The topological polar surface area (TPSA) is 122 Å². The summed E-state index contributed by atoms with van der Waals surface area (Å²) < 4.78 is 0. The van der Waals surface area contributed by atoms with Crippen LogP contribution in [0.2, 0.25) is 0 Å². The SMILES string of the molecule is CCNC(=O)C(C)NC(=O)c1cc(O)ccc1[N+](=O)[O-]. The third kappa shape index (κ3) is 3.67. The van der Waals surface area contributed by atoms with E-state index in [4.69, 9.17) is 0 Å². The van der Waals surface area contributed by atoms with Crippen LogP contribution >= 0.6 is 0 Å². The molecule has 20 heavy (non-hydrogen) atoms. The van der Waals surface area contributed by atoms with Gasteiger partial charge in [0.15, 0.2) is 0 Å². The van der Waals surface area contributed by atoms with Crippen molar-refractivity contribution >= 4 is 17.5 Å². The Kier molecular flexibility index (Phi) is 5.01. The van der Waals surface area contributed by atoms with Crippen LogP contribution in [0.15, 0.2) is 18.2 Å². The highest BCUT2D eigenvalue weighted by atomic mass is 16.6. The van der Waals surface area contributed by atoms with Gasteiger partial charge in [0.1, 0.15) is 17.4 Å². The molecule has 0 aliphatic rings. The molecule has 0 aromatic heterocycles. The van der Waals surface area contributed by atoms with Crippen LogP contribution in [0, 0.1) is 10.1 Å². The molecule has 0 heterocycles. The Hall–Kier alpha value is -2.64. The van der Waals surface area contributed by atoms with E-state index in [0.29, 0.717) is 6.54 Å². The van der Waals surface area contributed by atoms with E-state index in [2.05, 4.69) is 10.6 Å². The van der Waals surface area contributed by atoms with Gasteiger partial charge in [0, 0.05) is 12.6 Å². The van der Waals surface area contributed by atoms with E-state index in [0.717, 1.165) is 18.2 Å². The summed E-state index contributed by atoms with van der Waals surface area (Å²) >= 11 is 0. The van der Waals surface area contributed by atoms with Gasteiger partial charge in [-0.3, -0.25) is 19.7 Å². The summed E-state index contributed by atoms with van der Waals surface area (Å²) in [4.78, 5) is 33.5. The van der Waals surface area contributed by atoms with Gasteiger partial charge >= 0.3 is 0 Å². The molecule has 3 N–H and O–H groups in total. The van der Waals surface area contributed by atoms with Gasteiger partial charge in [0.25, 0.3) is 11.6 Å². The molecule has 1 atom stereocenters. The van der Waals surface area contributed by atoms with Crippen molar-refractivity contribution in [1.29, 1.82) is 0 Å². The van der Waals surface area contributed by atoms with E-state index < -0.39 is 28.5 Å². The maximum atomic E-state index is 11.9. The number of hydrogen-bond donors (Lipinski definition) is 3. The van der Waals surface area contributed by atoms with E-state index in [-0.39, 0.29) is 11.3 Å². The Labute approximate surface area is 114 Å². The minimum absolute atomic E-state index is 0.272. The summed E-state index contributed by atoms with van der Waals surface area (Å²) in [7, 11) is 0. The maximum absolute atomic E-state index is 11.9. The average molecular weight is 281 g/mol. The third-order valence-electron chi connectivity index (χ3n) is 2.51. The van der Waals surface area contributed by atoms with Crippen molar-refractivity contribution in [3.8, 4) is 5.75 Å². The van der Waals surface area contributed by atoms with Crippen LogP contribution in [0.25, 0.3) is 0 Å². The number of benzene rings is 1. The first-order valence-electron chi connectivity index (χ1n) is 5.92. The lowest BCUT2D eigenvalue weighted by atomic mass is 10.1. The third-order valence-corrected chi connectivity index (χ3v) is 2.51. The number of carbonyl (C=O) groups is 2. The zero-order valence-electron chi connectivity index (χ0n) is 11.0. The first kappa shape index (κ1) is 15.4. The van der Waals surface area contributed by atoms with E-state index in [1.165, 1.54) is 6.92 Å². The summed E-state index contributed by atoms with van der Waals surface area (Å²) in [6, 6.07) is 2.28. The number of nitrogens with one attached hydrogen (secondary N) is 2. The summed E-state index contributed by atoms with van der Waals surface area (Å²) in [5.41, 5.74) is -0.741. The summed E-state index contributed by atoms with van der Waals surface area (Å²) in [6.07, 6.45) is 0. The van der Waals surface area contributed by atoms with Crippen molar-refractivity contribution in [1.82, 2.24) is 10.6 Å². The van der Waals surface area contributed by atoms with Gasteiger partial charge < -0.3 is 15.7 Å². The van der Waals surface area contributed by atoms with Crippen molar-refractivity contribution in [3.05, 3.63) is 33.9 Å². The molecule has 0 fully saturated rings. The van der Waals surface area contributed by atoms with Crippen molar-refractivity contribution in [2.24, 2.45) is 0 Å². The second-order valence-corrected chi connectivity index (χ2v) is 4.05. The lowest BCUT2D eigenvalue weighted by molar-refractivity contribution is -0.385. The quantitative estimate of drug-likeness (QED) is 0.537. The lowest BCUT2D eigenvalue weighted by Crippen LogP contribution is -2.44. The van der Waals surface area contributed by atoms with E-state index >= 15 is 0 Å². The maximum Gasteiger partial charge on any atom is 0.282 e. The highest BCUT2D eigenvalue weighted by molar-refractivity contribution is 6.00. The molecule has 0 aliphatic carbocycles. The minimum Gasteiger partial charge on any atom is -0.508 e. The van der Waals surface area contributed by atoms with Gasteiger partial charge in [-0.25, -0.2) is 0 Å². The standard InChI is InChI=1S/C12H15N3O5/c1-3-13-11(17)7(2)14-12(18)9-6-8(16)4-5-10(9)15(19)20/h4-7,16H,3H2,1-2H3,(H,13,17)(H,14,18). The van der Waals surface area contributed by atoms with Gasteiger partial charge in [-0.2, -0.15) is 0 Å². The average Bonchev–Trinajstić information content (AvgIpc) is 2.38. The fourth-order valence-corrected chi connectivity index (χ4v) is 1.53. The zero-order valence-corrected chi connectivity index (χ0v) is 11.0. The van der Waals surface area contributed by atoms with Crippen LogP contribution in [0.3, 0.4) is 0 Å². The van der Waals surface area contributed by atoms with E-state index in [1.54, 1.807) is 6.92 Å². The highest BCUT2D eigenvalue weighted by Gasteiger charge is 2.23. The summed E-state index contributed by atoms with van der Waals surface area (Å²) in [5.74, 6) is -1.47. The number of nitro groups is 1. The number of phenols is 1. The van der Waals surface area contributed by atoms with Gasteiger partial charge in [-0.05, 0) is 26.0 Å². The Bertz CT molecular complexity index is 544. The molecular formula is C12H15N3O5. The molecule has 0 aliphatic heterocycles. The second kappa shape index (κ2) is 6.50. The van der Waals surface area contributed by atoms with Crippen LogP contribution in [-0.4, -0.2) is 34.4 Å².